The number of rotatable bonds is 4. The predicted molar refractivity (Wildman–Crippen MR) is 61.9 cm³/mol. The van der Waals surface area contributed by atoms with E-state index < -0.39 is 10.0 Å². The largest absolute Gasteiger partial charge is 0.221 e. The SMILES string of the molecule is C[C@H](NS(=O)(=O)CBr)C1CCCCC1. The third-order valence-corrected chi connectivity index (χ3v) is 5.69. The van der Waals surface area contributed by atoms with Gasteiger partial charge in [0.15, 0.2) is 0 Å². The Hall–Kier alpha value is 0.390. The van der Waals surface area contributed by atoms with Crippen LogP contribution in [0.5, 0.6) is 0 Å². The quantitative estimate of drug-likeness (QED) is 0.805. The Morgan fingerprint density at radius 2 is 1.93 bits per heavy atom. The molecule has 0 spiro atoms. The molecular weight excluding hydrogens is 266 g/mol. The van der Waals surface area contributed by atoms with Crippen LogP contribution in [0.15, 0.2) is 0 Å². The molecule has 0 radical (unpaired) electrons. The summed E-state index contributed by atoms with van der Waals surface area (Å²) in [6.45, 7) is 1.97. The first-order chi connectivity index (χ1) is 6.55. The normalized spacial score (nSPS) is 22.1. The molecule has 84 valence electrons. The third kappa shape index (κ3) is 3.87. The van der Waals surface area contributed by atoms with Gasteiger partial charge in [-0.25, -0.2) is 13.1 Å². The van der Waals surface area contributed by atoms with Crippen molar-refractivity contribution in [3.8, 4) is 0 Å². The summed E-state index contributed by atoms with van der Waals surface area (Å²) in [4.78, 5) is 0. The standard InChI is InChI=1S/C9H18BrNO2S/c1-8(11-14(12,13)7-10)9-5-3-2-4-6-9/h8-9,11H,2-7H2,1H3/t8-/m0/s1. The van der Waals surface area contributed by atoms with Gasteiger partial charge < -0.3 is 0 Å². The molecule has 1 atom stereocenters. The summed E-state index contributed by atoms with van der Waals surface area (Å²) < 4.78 is 25.3. The Morgan fingerprint density at radius 1 is 1.36 bits per heavy atom. The average molecular weight is 284 g/mol. The minimum Gasteiger partial charge on any atom is -0.212 e. The molecule has 3 nitrogen and oxygen atoms in total. The molecule has 14 heavy (non-hydrogen) atoms. The molecule has 0 aromatic heterocycles. The highest BCUT2D eigenvalue weighted by Crippen LogP contribution is 2.26. The molecule has 0 aliphatic heterocycles. The summed E-state index contributed by atoms with van der Waals surface area (Å²) in [5, 5.41) is 0. The van der Waals surface area contributed by atoms with Gasteiger partial charge in [0, 0.05) is 6.04 Å². The minimum absolute atomic E-state index is 0.00292. The van der Waals surface area contributed by atoms with E-state index in [2.05, 4.69) is 20.7 Å². The molecule has 0 saturated heterocycles. The van der Waals surface area contributed by atoms with Gasteiger partial charge in [0.2, 0.25) is 10.0 Å². The molecule has 5 heteroatoms. The Bertz CT molecular complexity index is 260. The molecule has 1 N–H and O–H groups in total. The molecule has 0 aromatic rings. The second kappa shape index (κ2) is 5.47. The van der Waals surface area contributed by atoms with Gasteiger partial charge in [0.1, 0.15) is 4.66 Å². The molecule has 0 bridgehead atoms. The van der Waals surface area contributed by atoms with Gasteiger partial charge in [-0.15, -0.1) is 0 Å². The van der Waals surface area contributed by atoms with Gasteiger partial charge in [-0.3, -0.25) is 0 Å². The highest BCUT2D eigenvalue weighted by atomic mass is 79.9. The van der Waals surface area contributed by atoms with Crippen LogP contribution < -0.4 is 4.72 Å². The lowest BCUT2D eigenvalue weighted by molar-refractivity contribution is 0.303. The van der Waals surface area contributed by atoms with Crippen LogP contribution in [0.1, 0.15) is 39.0 Å². The average Bonchev–Trinajstić information content (AvgIpc) is 2.19. The lowest BCUT2D eigenvalue weighted by Gasteiger charge is -2.27. The first kappa shape index (κ1) is 12.5. The van der Waals surface area contributed by atoms with Crippen molar-refractivity contribution in [1.82, 2.24) is 4.72 Å². The number of halogens is 1. The summed E-state index contributed by atoms with van der Waals surface area (Å²) >= 11 is 2.97. The van der Waals surface area contributed by atoms with E-state index >= 15 is 0 Å². The van der Waals surface area contributed by atoms with Crippen molar-refractivity contribution in [3.05, 3.63) is 0 Å². The van der Waals surface area contributed by atoms with Crippen LogP contribution in [0.4, 0.5) is 0 Å². The molecule has 0 heterocycles. The molecule has 0 aromatic carbocycles. The maximum atomic E-state index is 11.3. The van der Waals surface area contributed by atoms with Gasteiger partial charge in [0.25, 0.3) is 0 Å². The van der Waals surface area contributed by atoms with Crippen molar-refractivity contribution in [3.63, 3.8) is 0 Å². The topological polar surface area (TPSA) is 46.2 Å². The second-order valence-electron chi connectivity index (χ2n) is 4.03. The number of hydrogen-bond donors (Lipinski definition) is 1. The van der Waals surface area contributed by atoms with Crippen LogP contribution in [-0.4, -0.2) is 19.1 Å². The maximum Gasteiger partial charge on any atom is 0.221 e. The van der Waals surface area contributed by atoms with E-state index in [1.54, 1.807) is 0 Å². The van der Waals surface area contributed by atoms with Crippen LogP contribution in [0, 0.1) is 5.92 Å². The van der Waals surface area contributed by atoms with E-state index in [1.807, 2.05) is 6.92 Å². The van der Waals surface area contributed by atoms with Crippen molar-refractivity contribution in [2.45, 2.75) is 45.1 Å². The van der Waals surface area contributed by atoms with Crippen LogP contribution in [-0.2, 0) is 10.0 Å². The van der Waals surface area contributed by atoms with Gasteiger partial charge >= 0.3 is 0 Å². The molecule has 1 aliphatic carbocycles. The molecule has 1 rings (SSSR count). The molecule has 0 amide bonds. The highest BCUT2D eigenvalue weighted by molar-refractivity contribution is 9.10. The molecule has 0 unspecified atom stereocenters. The smallest absolute Gasteiger partial charge is 0.212 e. The van der Waals surface area contributed by atoms with Crippen LogP contribution in [0.25, 0.3) is 0 Å². The fourth-order valence-corrected chi connectivity index (χ4v) is 3.26. The third-order valence-electron chi connectivity index (χ3n) is 2.87. The maximum absolute atomic E-state index is 11.3. The van der Waals surface area contributed by atoms with Crippen molar-refractivity contribution in [2.75, 3.05) is 4.66 Å². The van der Waals surface area contributed by atoms with Gasteiger partial charge in [-0.2, -0.15) is 0 Å². The Kier molecular flexibility index (Phi) is 4.87. The monoisotopic (exact) mass is 283 g/mol. The highest BCUT2D eigenvalue weighted by Gasteiger charge is 2.23. The fourth-order valence-electron chi connectivity index (χ4n) is 2.05. The molecular formula is C9H18BrNO2S. The number of sulfonamides is 1. The second-order valence-corrected chi connectivity index (χ2v) is 7.09. The van der Waals surface area contributed by atoms with Gasteiger partial charge in [-0.05, 0) is 25.7 Å². The lowest BCUT2D eigenvalue weighted by Crippen LogP contribution is -2.39. The van der Waals surface area contributed by atoms with E-state index in [0.29, 0.717) is 5.92 Å². The first-order valence-corrected chi connectivity index (χ1v) is 7.88. The summed E-state index contributed by atoms with van der Waals surface area (Å²) in [6, 6.07) is 0.0813. The van der Waals surface area contributed by atoms with Crippen molar-refractivity contribution in [2.24, 2.45) is 5.92 Å². The van der Waals surface area contributed by atoms with E-state index in [1.165, 1.54) is 19.3 Å². The predicted octanol–water partition coefficient (Wildman–Crippen LogP) is 2.23. The van der Waals surface area contributed by atoms with E-state index in [0.717, 1.165) is 12.8 Å². The first-order valence-electron chi connectivity index (χ1n) is 5.11. The van der Waals surface area contributed by atoms with Crippen LogP contribution in [0.3, 0.4) is 0 Å². The van der Waals surface area contributed by atoms with E-state index in [9.17, 15) is 8.42 Å². The van der Waals surface area contributed by atoms with Crippen molar-refractivity contribution >= 4 is 26.0 Å². The summed E-state index contributed by atoms with van der Waals surface area (Å²) in [7, 11) is -3.10. The Labute approximate surface area is 94.8 Å². The number of alkyl halides is 1. The zero-order chi connectivity index (χ0) is 10.6. The van der Waals surface area contributed by atoms with Gasteiger partial charge in [0.05, 0.1) is 0 Å². The molecule has 1 fully saturated rings. The van der Waals surface area contributed by atoms with Crippen LogP contribution in [0.2, 0.25) is 0 Å². The zero-order valence-electron chi connectivity index (χ0n) is 8.50. The van der Waals surface area contributed by atoms with Crippen molar-refractivity contribution < 1.29 is 8.42 Å². The minimum atomic E-state index is -3.10. The summed E-state index contributed by atoms with van der Waals surface area (Å²) in [5.41, 5.74) is 0. The molecule has 1 aliphatic rings. The number of nitrogens with one attached hydrogen (secondary N) is 1. The fraction of sp³-hybridized carbons (Fsp3) is 1.00. The lowest BCUT2D eigenvalue weighted by atomic mass is 9.85. The Morgan fingerprint density at radius 3 is 2.43 bits per heavy atom. The number of hydrogen-bond acceptors (Lipinski definition) is 2. The zero-order valence-corrected chi connectivity index (χ0v) is 10.9. The summed E-state index contributed by atoms with van der Waals surface area (Å²) in [5.74, 6) is 0.526. The van der Waals surface area contributed by atoms with Crippen LogP contribution >= 0.6 is 15.9 Å². The Balaban J connectivity index is 2.44. The summed E-state index contributed by atoms with van der Waals surface area (Å²) in [6.07, 6.45) is 6.10. The molecule has 1 saturated carbocycles. The van der Waals surface area contributed by atoms with Crippen molar-refractivity contribution in [1.29, 1.82) is 0 Å². The van der Waals surface area contributed by atoms with E-state index in [-0.39, 0.29) is 10.7 Å². The van der Waals surface area contributed by atoms with E-state index in [4.69, 9.17) is 0 Å². The van der Waals surface area contributed by atoms with Gasteiger partial charge in [-0.1, -0.05) is 35.2 Å².